The molecule has 208 valence electrons. The van der Waals surface area contributed by atoms with Crippen LogP contribution in [0, 0.1) is 11.6 Å². The molecule has 0 fully saturated rings. The molecule has 1 amide bonds. The first kappa shape index (κ1) is 27.1. The molecule has 0 spiro atoms. The van der Waals surface area contributed by atoms with Gasteiger partial charge in [-0.05, 0) is 31.0 Å². The zero-order chi connectivity index (χ0) is 28.6. The first-order chi connectivity index (χ1) is 19.2. The van der Waals surface area contributed by atoms with Gasteiger partial charge in [0.2, 0.25) is 5.91 Å². The predicted octanol–water partition coefficient (Wildman–Crippen LogP) is 2.78. The molecule has 0 bridgehead atoms. The van der Waals surface area contributed by atoms with Gasteiger partial charge >= 0.3 is 11.9 Å². The summed E-state index contributed by atoms with van der Waals surface area (Å²) in [6.45, 7) is 0.994. The summed E-state index contributed by atoms with van der Waals surface area (Å²) >= 11 is 0. The van der Waals surface area contributed by atoms with Gasteiger partial charge in [-0.1, -0.05) is 6.92 Å². The van der Waals surface area contributed by atoms with Crippen molar-refractivity contribution < 1.29 is 37.4 Å². The summed E-state index contributed by atoms with van der Waals surface area (Å²) in [6.07, 6.45) is 1.06. The molecule has 1 aromatic carbocycles. The van der Waals surface area contributed by atoms with E-state index in [1.165, 1.54) is 4.57 Å². The quantitative estimate of drug-likeness (QED) is 0.200. The molecular formula is C28H25F2N3O7. The molecule has 5 rings (SSSR count). The van der Waals surface area contributed by atoms with Crippen LogP contribution in [0.2, 0.25) is 0 Å². The second-order valence-electron chi connectivity index (χ2n) is 9.76. The minimum absolute atomic E-state index is 0.0562. The fourth-order valence-corrected chi connectivity index (χ4v) is 5.18. The molecule has 10 nitrogen and oxygen atoms in total. The summed E-state index contributed by atoms with van der Waals surface area (Å²) in [5.74, 6) is -4.00. The van der Waals surface area contributed by atoms with Crippen molar-refractivity contribution in [3.05, 3.63) is 62.9 Å². The van der Waals surface area contributed by atoms with Gasteiger partial charge in [0.15, 0.2) is 11.6 Å². The van der Waals surface area contributed by atoms with Crippen LogP contribution in [-0.2, 0) is 47.4 Å². The Balaban J connectivity index is 1.53. The van der Waals surface area contributed by atoms with Crippen LogP contribution < -0.4 is 10.9 Å². The molecule has 1 N–H and O–H groups in total. The number of halogens is 2. The summed E-state index contributed by atoms with van der Waals surface area (Å²) in [7, 11) is 0. The third-order valence-corrected chi connectivity index (χ3v) is 7.24. The lowest BCUT2D eigenvalue weighted by molar-refractivity contribution is -0.167. The number of amides is 1. The minimum atomic E-state index is -1.56. The highest BCUT2D eigenvalue weighted by Gasteiger charge is 2.44. The standard InChI is InChI=1S/C28H25F2N3O7/c1-2-28(40-25(37)12-31-23(35)5-3-4-6-34)11-24(36)39-14-17-18(28)9-22-26-16(13-33(22)27(17)38)7-15-8-19(29)20(30)10-21(15)32-26/h6-10H,2-5,11-14H2,1H3,(H,31,35)/t28-/m1/s1. The Morgan fingerprint density at radius 1 is 1.20 bits per heavy atom. The van der Waals surface area contributed by atoms with Crippen molar-refractivity contribution in [2.24, 2.45) is 0 Å². The first-order valence-corrected chi connectivity index (χ1v) is 12.8. The molecule has 40 heavy (non-hydrogen) atoms. The highest BCUT2D eigenvalue weighted by molar-refractivity contribution is 5.85. The molecule has 0 unspecified atom stereocenters. The van der Waals surface area contributed by atoms with E-state index in [0.29, 0.717) is 35.0 Å². The Morgan fingerprint density at radius 3 is 2.73 bits per heavy atom. The number of cyclic esters (lactones) is 1. The van der Waals surface area contributed by atoms with Crippen LogP contribution in [0.5, 0.6) is 0 Å². The Kier molecular flexibility index (Phi) is 7.17. The highest BCUT2D eigenvalue weighted by Crippen LogP contribution is 2.41. The smallest absolute Gasteiger partial charge is 0.326 e. The number of nitrogens with zero attached hydrogens (tertiary/aromatic N) is 2. The summed E-state index contributed by atoms with van der Waals surface area (Å²) in [4.78, 5) is 66.0. The summed E-state index contributed by atoms with van der Waals surface area (Å²) < 4.78 is 40.3. The molecule has 0 saturated heterocycles. The molecule has 2 aromatic heterocycles. The number of aldehydes is 1. The molecule has 0 radical (unpaired) electrons. The fourth-order valence-electron chi connectivity index (χ4n) is 5.18. The number of esters is 2. The highest BCUT2D eigenvalue weighted by atomic mass is 19.2. The molecule has 4 heterocycles. The largest absolute Gasteiger partial charge is 0.460 e. The lowest BCUT2D eigenvalue weighted by Gasteiger charge is -2.32. The Morgan fingerprint density at radius 2 is 1.98 bits per heavy atom. The number of unbranched alkanes of at least 4 members (excludes halogenated alkanes) is 1. The molecule has 0 aliphatic carbocycles. The SMILES string of the molecule is CC[C@@]1(OC(=O)CNC(=O)CCCC=O)CC(=O)OCc2c1cc1n(c2=O)Cc2cc3cc(F)c(F)cc3nc2-1. The van der Waals surface area contributed by atoms with Crippen LogP contribution in [-0.4, -0.2) is 40.2 Å². The maximum Gasteiger partial charge on any atom is 0.326 e. The van der Waals surface area contributed by atoms with Crippen molar-refractivity contribution in [2.75, 3.05) is 6.54 Å². The molecule has 2 aliphatic rings. The molecule has 0 saturated carbocycles. The van der Waals surface area contributed by atoms with Gasteiger partial charge in [-0.3, -0.25) is 19.2 Å². The van der Waals surface area contributed by atoms with Crippen LogP contribution >= 0.6 is 0 Å². The van der Waals surface area contributed by atoms with E-state index in [1.807, 2.05) is 0 Å². The normalized spacial score (nSPS) is 17.3. The van der Waals surface area contributed by atoms with Gasteiger partial charge in [0.25, 0.3) is 5.56 Å². The minimum Gasteiger partial charge on any atom is -0.460 e. The number of nitrogens with one attached hydrogen (secondary N) is 1. The number of pyridine rings is 2. The number of fused-ring (bicyclic) bond motifs is 5. The van der Waals surface area contributed by atoms with Crippen molar-refractivity contribution in [3.8, 4) is 11.4 Å². The lowest BCUT2D eigenvalue weighted by atomic mass is 9.85. The van der Waals surface area contributed by atoms with Crippen LogP contribution in [0.3, 0.4) is 0 Å². The molecule has 2 aliphatic heterocycles. The van der Waals surface area contributed by atoms with Crippen molar-refractivity contribution in [3.63, 3.8) is 0 Å². The summed E-state index contributed by atoms with van der Waals surface area (Å²) in [5.41, 5.74) is -0.0521. The zero-order valence-corrected chi connectivity index (χ0v) is 21.6. The lowest BCUT2D eigenvalue weighted by Crippen LogP contribution is -2.40. The van der Waals surface area contributed by atoms with Crippen molar-refractivity contribution in [2.45, 2.75) is 57.8 Å². The second-order valence-corrected chi connectivity index (χ2v) is 9.76. The van der Waals surface area contributed by atoms with E-state index in [-0.39, 0.29) is 55.5 Å². The van der Waals surface area contributed by atoms with Gasteiger partial charge in [-0.25, -0.2) is 13.8 Å². The number of carbonyl (C=O) groups is 4. The van der Waals surface area contributed by atoms with E-state index >= 15 is 0 Å². The van der Waals surface area contributed by atoms with E-state index in [4.69, 9.17) is 9.47 Å². The van der Waals surface area contributed by atoms with E-state index in [1.54, 1.807) is 19.1 Å². The van der Waals surface area contributed by atoms with Crippen molar-refractivity contribution >= 4 is 35.0 Å². The second kappa shape index (κ2) is 10.6. The van der Waals surface area contributed by atoms with Gasteiger partial charge in [0.1, 0.15) is 25.0 Å². The zero-order valence-electron chi connectivity index (χ0n) is 21.6. The van der Waals surface area contributed by atoms with Crippen LogP contribution in [0.15, 0.2) is 29.1 Å². The maximum absolute atomic E-state index is 13.9. The average molecular weight is 554 g/mol. The van der Waals surface area contributed by atoms with Gasteiger partial charge in [0.05, 0.1) is 35.4 Å². The predicted molar refractivity (Wildman–Crippen MR) is 136 cm³/mol. The molecule has 12 heteroatoms. The molecule has 3 aromatic rings. The van der Waals surface area contributed by atoms with E-state index in [2.05, 4.69) is 10.3 Å². The summed E-state index contributed by atoms with van der Waals surface area (Å²) in [6, 6.07) is 5.29. The summed E-state index contributed by atoms with van der Waals surface area (Å²) in [5, 5.41) is 2.81. The number of aromatic nitrogens is 2. The van der Waals surface area contributed by atoms with E-state index < -0.39 is 47.2 Å². The Hall–Kier alpha value is -4.48. The van der Waals surface area contributed by atoms with Crippen LogP contribution in [0.4, 0.5) is 8.78 Å². The molecular weight excluding hydrogens is 528 g/mol. The number of carbonyl (C=O) groups excluding carboxylic acids is 4. The van der Waals surface area contributed by atoms with E-state index in [0.717, 1.165) is 12.1 Å². The van der Waals surface area contributed by atoms with Crippen LogP contribution in [0.1, 0.15) is 55.7 Å². The Labute approximate surface area is 226 Å². The number of hydrogen-bond acceptors (Lipinski definition) is 8. The Bertz CT molecular complexity index is 1630. The number of hydrogen-bond donors (Lipinski definition) is 1. The third kappa shape index (κ3) is 4.85. The van der Waals surface area contributed by atoms with Gasteiger partial charge < -0.3 is 24.2 Å². The maximum atomic E-state index is 13.9. The number of ether oxygens (including phenoxy) is 2. The number of rotatable bonds is 8. The number of benzene rings is 1. The average Bonchev–Trinajstić information content (AvgIpc) is 3.21. The van der Waals surface area contributed by atoms with Gasteiger partial charge in [-0.2, -0.15) is 0 Å². The van der Waals surface area contributed by atoms with E-state index in [9.17, 15) is 32.8 Å². The monoisotopic (exact) mass is 553 g/mol. The fraction of sp³-hybridized carbons (Fsp3) is 0.357. The van der Waals surface area contributed by atoms with Crippen molar-refractivity contribution in [1.82, 2.24) is 14.9 Å². The molecule has 1 atom stereocenters. The first-order valence-electron chi connectivity index (χ1n) is 12.8. The third-order valence-electron chi connectivity index (χ3n) is 7.24. The topological polar surface area (TPSA) is 134 Å². The van der Waals surface area contributed by atoms with Gasteiger partial charge in [0, 0.05) is 35.4 Å². The van der Waals surface area contributed by atoms with Gasteiger partial charge in [-0.15, -0.1) is 0 Å². The van der Waals surface area contributed by atoms with Crippen LogP contribution in [0.25, 0.3) is 22.3 Å². The van der Waals surface area contributed by atoms with Crippen molar-refractivity contribution in [1.29, 1.82) is 0 Å².